The van der Waals surface area contributed by atoms with Crippen molar-refractivity contribution in [3.8, 4) is 0 Å². The topological polar surface area (TPSA) is 0 Å². The lowest BCUT2D eigenvalue weighted by Crippen LogP contribution is -1.80. The number of rotatable bonds is 1. The number of benzene rings is 3. The molecule has 5 rings (SSSR count). The molecule has 0 atom stereocenters. The molecule has 112 valence electrons. The lowest BCUT2D eigenvalue weighted by Gasteiger charge is -2.06. The molecule has 0 saturated heterocycles. The van der Waals surface area contributed by atoms with Crippen LogP contribution in [0.15, 0.2) is 47.8 Å². The quantitative estimate of drug-likeness (QED) is 0.283. The number of hydrogen-bond donors (Lipinski definition) is 0. The highest BCUT2D eigenvalue weighted by atomic mass is 32.1. The Kier molecular flexibility index (Phi) is 2.82. The summed E-state index contributed by atoms with van der Waals surface area (Å²) >= 11 is 3.76. The van der Waals surface area contributed by atoms with Gasteiger partial charge in [-0.25, -0.2) is 0 Å². The molecule has 0 bridgehead atoms. The van der Waals surface area contributed by atoms with Crippen LogP contribution in [0.4, 0.5) is 0 Å². The number of hydrogen-bond acceptors (Lipinski definition) is 2. The average Bonchev–Trinajstić information content (AvgIpc) is 3.11. The van der Waals surface area contributed by atoms with Gasteiger partial charge in [-0.2, -0.15) is 0 Å². The van der Waals surface area contributed by atoms with Crippen LogP contribution in [-0.4, -0.2) is 0 Å². The first-order valence-electron chi connectivity index (χ1n) is 7.99. The molecule has 0 spiro atoms. The van der Waals surface area contributed by atoms with Crippen molar-refractivity contribution >= 4 is 64.4 Å². The van der Waals surface area contributed by atoms with E-state index in [1.165, 1.54) is 52.2 Å². The molecule has 0 unspecified atom stereocenters. The van der Waals surface area contributed by atoms with Gasteiger partial charge in [0.15, 0.2) is 0 Å². The fourth-order valence-corrected chi connectivity index (χ4v) is 5.59. The summed E-state index contributed by atoms with van der Waals surface area (Å²) in [5.74, 6) is 0. The molecule has 0 aliphatic rings. The Morgan fingerprint density at radius 3 is 2.30 bits per heavy atom. The molecule has 0 fully saturated rings. The van der Waals surface area contributed by atoms with Gasteiger partial charge in [-0.05, 0) is 86.9 Å². The van der Waals surface area contributed by atoms with E-state index >= 15 is 0 Å². The van der Waals surface area contributed by atoms with E-state index in [1.807, 2.05) is 22.7 Å². The van der Waals surface area contributed by atoms with Gasteiger partial charge in [0.1, 0.15) is 0 Å². The monoisotopic (exact) mass is 332 g/mol. The summed E-state index contributed by atoms with van der Waals surface area (Å²) in [5, 5.41) is 10.6. The third kappa shape index (κ3) is 1.95. The van der Waals surface area contributed by atoms with E-state index < -0.39 is 0 Å². The van der Waals surface area contributed by atoms with Crippen molar-refractivity contribution in [3.63, 3.8) is 0 Å². The molecule has 23 heavy (non-hydrogen) atoms. The predicted molar refractivity (Wildman–Crippen MR) is 106 cm³/mol. The maximum absolute atomic E-state index is 2.39. The lowest BCUT2D eigenvalue weighted by molar-refractivity contribution is 1.17. The molecule has 0 amide bonds. The second kappa shape index (κ2) is 4.80. The van der Waals surface area contributed by atoms with Crippen molar-refractivity contribution in [2.24, 2.45) is 0 Å². The van der Waals surface area contributed by atoms with E-state index in [0.717, 1.165) is 6.42 Å². The summed E-state index contributed by atoms with van der Waals surface area (Å²) in [5.41, 5.74) is 1.47. The van der Waals surface area contributed by atoms with Gasteiger partial charge in [-0.3, -0.25) is 0 Å². The molecular weight excluding hydrogens is 316 g/mol. The van der Waals surface area contributed by atoms with E-state index in [1.54, 1.807) is 0 Å². The minimum atomic E-state index is 1.11. The summed E-state index contributed by atoms with van der Waals surface area (Å²) < 4.78 is 2.80. The zero-order valence-electron chi connectivity index (χ0n) is 13.1. The predicted octanol–water partition coefficient (Wildman–Crippen LogP) is 7.29. The first-order chi connectivity index (χ1) is 11.2. The normalized spacial score (nSPS) is 12.1. The molecule has 0 saturated carbocycles. The molecule has 0 aliphatic carbocycles. The smallest absolute Gasteiger partial charge is 0.0352 e. The van der Waals surface area contributed by atoms with Crippen LogP contribution >= 0.6 is 22.7 Å². The van der Waals surface area contributed by atoms with Gasteiger partial charge in [0.2, 0.25) is 0 Å². The average molecular weight is 332 g/mol. The van der Waals surface area contributed by atoms with Crippen molar-refractivity contribution in [2.75, 3.05) is 0 Å². The van der Waals surface area contributed by atoms with Gasteiger partial charge < -0.3 is 0 Å². The van der Waals surface area contributed by atoms with E-state index in [4.69, 9.17) is 0 Å². The van der Waals surface area contributed by atoms with Crippen LogP contribution in [0.2, 0.25) is 0 Å². The lowest BCUT2D eigenvalue weighted by atomic mass is 9.99. The van der Waals surface area contributed by atoms with Crippen molar-refractivity contribution in [1.82, 2.24) is 0 Å². The highest BCUT2D eigenvalue weighted by molar-refractivity contribution is 7.19. The van der Waals surface area contributed by atoms with E-state index in [9.17, 15) is 0 Å². The molecular formula is C21H16S2. The summed E-state index contributed by atoms with van der Waals surface area (Å²) in [6.07, 6.45) is 1.11. The fourth-order valence-electron chi connectivity index (χ4n) is 3.58. The van der Waals surface area contributed by atoms with Crippen LogP contribution in [0.1, 0.15) is 17.4 Å². The summed E-state index contributed by atoms with van der Waals surface area (Å²) in [6, 6.07) is 16.3. The van der Waals surface area contributed by atoms with Crippen molar-refractivity contribution < 1.29 is 0 Å². The molecule has 2 heteroatoms. The van der Waals surface area contributed by atoms with Crippen LogP contribution in [0, 0.1) is 6.92 Å². The molecule has 0 nitrogen and oxygen atoms in total. The highest BCUT2D eigenvalue weighted by Gasteiger charge is 2.09. The molecule has 0 aliphatic heterocycles. The van der Waals surface area contributed by atoms with Gasteiger partial charge in [0.05, 0.1) is 0 Å². The first kappa shape index (κ1) is 13.5. The second-order valence-electron chi connectivity index (χ2n) is 6.22. The van der Waals surface area contributed by atoms with Crippen molar-refractivity contribution in [2.45, 2.75) is 20.3 Å². The van der Waals surface area contributed by atoms with E-state index in [2.05, 4.69) is 61.7 Å². The maximum atomic E-state index is 2.39. The Bertz CT molecular complexity index is 1200. The zero-order valence-corrected chi connectivity index (χ0v) is 14.8. The standard InChI is InChI=1S/C21H16S2/c1-3-13-11-22-21-10-18-15(8-19(13)21)5-4-14-7-16-6-12(2)23-20(16)9-17(14)18/h4-11H,3H2,1-2H3. The Labute approximate surface area is 143 Å². The van der Waals surface area contributed by atoms with Crippen molar-refractivity contribution in [3.05, 3.63) is 58.3 Å². The zero-order chi connectivity index (χ0) is 15.6. The number of aryl methyl sites for hydroxylation is 2. The summed E-state index contributed by atoms with van der Waals surface area (Å²) in [7, 11) is 0. The van der Waals surface area contributed by atoms with Crippen LogP contribution < -0.4 is 0 Å². The Morgan fingerprint density at radius 2 is 1.52 bits per heavy atom. The molecule has 2 aromatic heterocycles. The second-order valence-corrected chi connectivity index (χ2v) is 8.42. The Morgan fingerprint density at radius 1 is 0.783 bits per heavy atom. The fraction of sp³-hybridized carbons (Fsp3) is 0.143. The molecule has 2 heterocycles. The van der Waals surface area contributed by atoms with Gasteiger partial charge in [0, 0.05) is 14.3 Å². The van der Waals surface area contributed by atoms with E-state index in [0.29, 0.717) is 0 Å². The Balaban J connectivity index is 1.94. The highest BCUT2D eigenvalue weighted by Crippen LogP contribution is 2.37. The van der Waals surface area contributed by atoms with Crippen LogP contribution in [0.25, 0.3) is 41.7 Å². The van der Waals surface area contributed by atoms with Gasteiger partial charge >= 0.3 is 0 Å². The molecule has 0 N–H and O–H groups in total. The maximum Gasteiger partial charge on any atom is 0.0352 e. The molecule has 3 aromatic carbocycles. The minimum Gasteiger partial charge on any atom is -0.143 e. The Hall–Kier alpha value is -1.90. The third-order valence-electron chi connectivity index (χ3n) is 4.75. The molecule has 0 radical (unpaired) electrons. The number of thiophene rings is 2. The summed E-state index contributed by atoms with van der Waals surface area (Å²) in [4.78, 5) is 1.38. The first-order valence-corrected chi connectivity index (χ1v) is 9.69. The minimum absolute atomic E-state index is 1.11. The van der Waals surface area contributed by atoms with E-state index in [-0.39, 0.29) is 0 Å². The van der Waals surface area contributed by atoms with Crippen molar-refractivity contribution in [1.29, 1.82) is 0 Å². The van der Waals surface area contributed by atoms with Crippen LogP contribution in [0.3, 0.4) is 0 Å². The number of fused-ring (bicyclic) bond motifs is 5. The largest absolute Gasteiger partial charge is 0.143 e. The van der Waals surface area contributed by atoms with Gasteiger partial charge in [-0.15, -0.1) is 22.7 Å². The van der Waals surface area contributed by atoms with Crippen LogP contribution in [-0.2, 0) is 6.42 Å². The van der Waals surface area contributed by atoms with Gasteiger partial charge in [0.25, 0.3) is 0 Å². The molecule has 5 aromatic rings. The SMILES string of the molecule is CCc1csc2cc3c(ccc4cc5cc(C)sc5cc43)cc12. The third-order valence-corrected chi connectivity index (χ3v) is 6.76. The van der Waals surface area contributed by atoms with Gasteiger partial charge in [-0.1, -0.05) is 19.1 Å². The van der Waals surface area contributed by atoms with Crippen LogP contribution in [0.5, 0.6) is 0 Å². The summed E-state index contributed by atoms with van der Waals surface area (Å²) in [6.45, 7) is 4.43.